The Morgan fingerprint density at radius 2 is 1.67 bits per heavy atom. The Bertz CT molecular complexity index is 573. The van der Waals surface area contributed by atoms with E-state index in [0.717, 1.165) is 31.1 Å². The highest BCUT2D eigenvalue weighted by molar-refractivity contribution is 7.89. The lowest BCUT2D eigenvalue weighted by molar-refractivity contribution is 0.182. The summed E-state index contributed by atoms with van der Waals surface area (Å²) in [6, 6.07) is 6.49. The van der Waals surface area contributed by atoms with Gasteiger partial charge in [-0.2, -0.15) is 4.31 Å². The van der Waals surface area contributed by atoms with Gasteiger partial charge in [0.05, 0.1) is 11.5 Å². The zero-order valence-electron chi connectivity index (χ0n) is 12.1. The molecule has 1 aromatic rings. The van der Waals surface area contributed by atoms with Crippen LogP contribution in [0.15, 0.2) is 29.2 Å². The molecule has 1 N–H and O–H groups in total. The summed E-state index contributed by atoms with van der Waals surface area (Å²) in [6.07, 6.45) is 2.66. The van der Waals surface area contributed by atoms with Crippen molar-refractivity contribution in [2.75, 3.05) is 32.7 Å². The smallest absolute Gasteiger partial charge is 0.243 e. The quantitative estimate of drug-likeness (QED) is 0.877. The third kappa shape index (κ3) is 3.45. The first-order valence-electron chi connectivity index (χ1n) is 7.52. The molecule has 1 aliphatic heterocycles. The summed E-state index contributed by atoms with van der Waals surface area (Å²) in [5.41, 5.74) is 0.725. The number of rotatable bonds is 5. The van der Waals surface area contributed by atoms with Gasteiger partial charge >= 0.3 is 0 Å². The number of piperazine rings is 1. The van der Waals surface area contributed by atoms with Crippen LogP contribution >= 0.6 is 0 Å². The largest absolute Gasteiger partial charge is 0.392 e. The normalized spacial score (nSPS) is 21.6. The van der Waals surface area contributed by atoms with E-state index in [2.05, 4.69) is 4.90 Å². The van der Waals surface area contributed by atoms with Crippen molar-refractivity contribution in [3.8, 4) is 0 Å². The second kappa shape index (κ2) is 6.04. The first-order chi connectivity index (χ1) is 10.1. The second-order valence-corrected chi connectivity index (χ2v) is 7.89. The van der Waals surface area contributed by atoms with E-state index in [4.69, 9.17) is 5.11 Å². The Morgan fingerprint density at radius 3 is 2.19 bits per heavy atom. The molecule has 1 aliphatic carbocycles. The van der Waals surface area contributed by atoms with Crippen LogP contribution in [0.25, 0.3) is 0 Å². The zero-order valence-corrected chi connectivity index (χ0v) is 12.9. The highest BCUT2D eigenvalue weighted by atomic mass is 32.2. The predicted octanol–water partition coefficient (Wildman–Crippen LogP) is 0.895. The van der Waals surface area contributed by atoms with Crippen molar-refractivity contribution < 1.29 is 13.5 Å². The first kappa shape index (κ1) is 15.0. The molecule has 2 aliphatic rings. The summed E-state index contributed by atoms with van der Waals surface area (Å²) in [5, 5.41) is 9.02. The van der Waals surface area contributed by atoms with Crippen LogP contribution in [0, 0.1) is 5.92 Å². The van der Waals surface area contributed by atoms with Gasteiger partial charge in [0.2, 0.25) is 10.0 Å². The molecular weight excluding hydrogens is 288 g/mol. The molecule has 6 heteroatoms. The van der Waals surface area contributed by atoms with Crippen LogP contribution < -0.4 is 0 Å². The Balaban J connectivity index is 1.64. The van der Waals surface area contributed by atoms with E-state index in [9.17, 15) is 8.42 Å². The molecule has 0 radical (unpaired) electrons. The summed E-state index contributed by atoms with van der Waals surface area (Å²) >= 11 is 0. The van der Waals surface area contributed by atoms with E-state index in [-0.39, 0.29) is 6.61 Å². The van der Waals surface area contributed by atoms with Crippen molar-refractivity contribution in [1.82, 2.24) is 9.21 Å². The highest BCUT2D eigenvalue weighted by Gasteiger charge is 2.31. The lowest BCUT2D eigenvalue weighted by Crippen LogP contribution is -2.49. The monoisotopic (exact) mass is 310 g/mol. The molecule has 0 bridgehead atoms. The van der Waals surface area contributed by atoms with Crippen molar-refractivity contribution in [3.63, 3.8) is 0 Å². The van der Waals surface area contributed by atoms with Crippen LogP contribution in [0.4, 0.5) is 0 Å². The molecule has 0 atom stereocenters. The van der Waals surface area contributed by atoms with Gasteiger partial charge in [0.15, 0.2) is 0 Å². The molecule has 0 unspecified atom stereocenters. The van der Waals surface area contributed by atoms with Gasteiger partial charge in [0.25, 0.3) is 0 Å². The minimum Gasteiger partial charge on any atom is -0.392 e. The van der Waals surface area contributed by atoms with E-state index in [1.807, 2.05) is 0 Å². The SMILES string of the molecule is O=S(=O)(c1ccc(CO)cc1)N1CCN(CC2CC2)CC1. The van der Waals surface area contributed by atoms with E-state index in [1.165, 1.54) is 12.8 Å². The highest BCUT2D eigenvalue weighted by Crippen LogP contribution is 2.30. The minimum absolute atomic E-state index is 0.0693. The van der Waals surface area contributed by atoms with Crippen molar-refractivity contribution in [3.05, 3.63) is 29.8 Å². The lowest BCUT2D eigenvalue weighted by atomic mass is 10.2. The maximum absolute atomic E-state index is 12.6. The number of aliphatic hydroxyl groups is 1. The van der Waals surface area contributed by atoms with Crippen molar-refractivity contribution >= 4 is 10.0 Å². The standard InChI is InChI=1S/C15H22N2O3S/c18-12-14-3-5-15(6-4-14)21(19,20)17-9-7-16(8-10-17)11-13-1-2-13/h3-6,13,18H,1-2,7-12H2. The van der Waals surface area contributed by atoms with Gasteiger partial charge in [-0.3, -0.25) is 0 Å². The summed E-state index contributed by atoms with van der Waals surface area (Å²) < 4.78 is 26.7. The van der Waals surface area contributed by atoms with Gasteiger partial charge in [-0.15, -0.1) is 0 Å². The molecule has 0 amide bonds. The first-order valence-corrected chi connectivity index (χ1v) is 8.96. The molecule has 1 aromatic carbocycles. The molecule has 1 saturated heterocycles. The maximum atomic E-state index is 12.6. The van der Waals surface area contributed by atoms with Crippen molar-refractivity contribution in [1.29, 1.82) is 0 Å². The Labute approximate surface area is 126 Å². The van der Waals surface area contributed by atoms with E-state index >= 15 is 0 Å². The lowest BCUT2D eigenvalue weighted by Gasteiger charge is -2.34. The molecular formula is C15H22N2O3S. The molecule has 1 saturated carbocycles. The van der Waals surface area contributed by atoms with Crippen LogP contribution in [0.5, 0.6) is 0 Å². The number of nitrogens with zero attached hydrogens (tertiary/aromatic N) is 2. The van der Waals surface area contributed by atoms with Crippen molar-refractivity contribution in [2.24, 2.45) is 5.92 Å². The van der Waals surface area contributed by atoms with Gasteiger partial charge in [-0.25, -0.2) is 8.42 Å². The Morgan fingerprint density at radius 1 is 1.05 bits per heavy atom. The fourth-order valence-electron chi connectivity index (χ4n) is 2.73. The molecule has 2 fully saturated rings. The van der Waals surface area contributed by atoms with Gasteiger partial charge in [0, 0.05) is 32.7 Å². The molecule has 5 nitrogen and oxygen atoms in total. The van der Waals surface area contributed by atoms with Crippen LogP contribution in [0.3, 0.4) is 0 Å². The van der Waals surface area contributed by atoms with Gasteiger partial charge in [-0.05, 0) is 36.5 Å². The minimum atomic E-state index is -3.40. The molecule has 21 heavy (non-hydrogen) atoms. The molecule has 0 spiro atoms. The fourth-order valence-corrected chi connectivity index (χ4v) is 4.16. The third-order valence-electron chi connectivity index (χ3n) is 4.29. The van der Waals surface area contributed by atoms with E-state index in [0.29, 0.717) is 18.0 Å². The maximum Gasteiger partial charge on any atom is 0.243 e. The predicted molar refractivity (Wildman–Crippen MR) is 80.3 cm³/mol. The van der Waals surface area contributed by atoms with Gasteiger partial charge in [-0.1, -0.05) is 12.1 Å². The Hall–Kier alpha value is -0.950. The van der Waals surface area contributed by atoms with Crippen molar-refractivity contribution in [2.45, 2.75) is 24.3 Å². The molecule has 3 rings (SSSR count). The molecule has 0 aromatic heterocycles. The van der Waals surface area contributed by atoms with Crippen LogP contribution in [-0.4, -0.2) is 55.5 Å². The van der Waals surface area contributed by atoms with Crippen LogP contribution in [0.2, 0.25) is 0 Å². The average Bonchev–Trinajstić information content (AvgIpc) is 3.32. The van der Waals surface area contributed by atoms with E-state index in [1.54, 1.807) is 28.6 Å². The third-order valence-corrected chi connectivity index (χ3v) is 6.20. The van der Waals surface area contributed by atoms with Crippen LogP contribution in [-0.2, 0) is 16.6 Å². The second-order valence-electron chi connectivity index (χ2n) is 5.95. The number of benzene rings is 1. The number of aliphatic hydroxyl groups excluding tert-OH is 1. The zero-order chi connectivity index (χ0) is 14.9. The number of hydrogen-bond donors (Lipinski definition) is 1. The van der Waals surface area contributed by atoms with E-state index < -0.39 is 10.0 Å². The summed E-state index contributed by atoms with van der Waals surface area (Å²) in [7, 11) is -3.40. The van der Waals surface area contributed by atoms with Crippen LogP contribution in [0.1, 0.15) is 18.4 Å². The topological polar surface area (TPSA) is 60.9 Å². The summed E-state index contributed by atoms with van der Waals surface area (Å²) in [4.78, 5) is 2.69. The molecule has 1 heterocycles. The average molecular weight is 310 g/mol. The van der Waals surface area contributed by atoms with Gasteiger partial charge in [0.1, 0.15) is 0 Å². The number of hydrogen-bond acceptors (Lipinski definition) is 4. The molecule has 116 valence electrons. The Kier molecular flexibility index (Phi) is 4.31. The summed E-state index contributed by atoms with van der Waals surface area (Å²) in [6.45, 7) is 3.84. The summed E-state index contributed by atoms with van der Waals surface area (Å²) in [5.74, 6) is 0.846. The van der Waals surface area contributed by atoms with Gasteiger partial charge < -0.3 is 10.0 Å². The number of sulfonamides is 1. The fraction of sp³-hybridized carbons (Fsp3) is 0.600.